The summed E-state index contributed by atoms with van der Waals surface area (Å²) in [7, 11) is -4.17. The summed E-state index contributed by atoms with van der Waals surface area (Å²) in [4.78, 5) is 0. The van der Waals surface area contributed by atoms with E-state index in [1.807, 2.05) is 0 Å². The van der Waals surface area contributed by atoms with Crippen molar-refractivity contribution in [3.63, 3.8) is 0 Å². The van der Waals surface area contributed by atoms with E-state index in [4.69, 9.17) is 0 Å². The number of hydrogen-bond acceptors (Lipinski definition) is 4. The Labute approximate surface area is 134 Å². The monoisotopic (exact) mass is 288 g/mol. The topological polar surface area (TPSA) is 77.4 Å². The summed E-state index contributed by atoms with van der Waals surface area (Å²) in [5, 5.41) is 8.85. The van der Waals surface area contributed by atoms with Crippen molar-refractivity contribution in [2.24, 2.45) is 0 Å². The van der Waals surface area contributed by atoms with Crippen LogP contribution in [0.5, 0.6) is 0 Å². The van der Waals surface area contributed by atoms with Crippen LogP contribution in [0, 0.1) is 0 Å². The Morgan fingerprint density at radius 1 is 1.06 bits per heavy atom. The zero-order valence-electron chi connectivity index (χ0n) is 11.9. The molecule has 104 valence electrons. The zero-order chi connectivity index (χ0) is 13.3. The van der Waals surface area contributed by atoms with Gasteiger partial charge in [0.25, 0.3) is 0 Å². The van der Waals surface area contributed by atoms with Crippen molar-refractivity contribution in [3.05, 3.63) is 0 Å². The van der Waals surface area contributed by atoms with Crippen molar-refractivity contribution in [2.45, 2.75) is 76.6 Å². The second kappa shape index (κ2) is 11.7. The normalized spacial score (nSPS) is 14.9. The average Bonchev–Trinajstić information content (AvgIpc) is 2.23. The number of unbranched alkanes of at least 4 members (excludes halogenated alkanes) is 2. The Kier molecular flexibility index (Phi) is 13.7. The maximum absolute atomic E-state index is 10.8. The summed E-state index contributed by atoms with van der Waals surface area (Å²) in [6.45, 7) is 3.81. The minimum atomic E-state index is -4.17. The van der Waals surface area contributed by atoms with E-state index in [-0.39, 0.29) is 35.7 Å². The minimum absolute atomic E-state index is 0. The predicted octanol–water partition coefficient (Wildman–Crippen LogP) is -0.574. The second-order valence-corrected chi connectivity index (χ2v) is 6.26. The summed E-state index contributed by atoms with van der Waals surface area (Å²) in [6.07, 6.45) is 5.59. The second-order valence-electron chi connectivity index (χ2n) is 4.60. The first kappa shape index (κ1) is 21.2. The average molecular weight is 288 g/mol. The van der Waals surface area contributed by atoms with Gasteiger partial charge in [-0.05, 0) is 32.1 Å². The Hall–Kier alpha value is 0.870. The molecule has 1 N–H and O–H groups in total. The van der Waals surface area contributed by atoms with Crippen LogP contribution in [0.25, 0.3) is 0 Å². The van der Waals surface area contributed by atoms with E-state index >= 15 is 0 Å². The predicted molar refractivity (Wildman–Crippen MR) is 67.8 cm³/mol. The van der Waals surface area contributed by atoms with Crippen LogP contribution in [0.3, 0.4) is 0 Å². The molecule has 18 heavy (non-hydrogen) atoms. The van der Waals surface area contributed by atoms with Gasteiger partial charge >= 0.3 is 29.6 Å². The van der Waals surface area contributed by atoms with Crippen molar-refractivity contribution in [3.8, 4) is 0 Å². The molecule has 0 radical (unpaired) electrons. The Morgan fingerprint density at radius 2 is 1.61 bits per heavy atom. The summed E-state index contributed by atoms with van der Waals surface area (Å²) >= 11 is 0. The van der Waals surface area contributed by atoms with Gasteiger partial charge in [-0.3, -0.25) is 0 Å². The van der Waals surface area contributed by atoms with Crippen molar-refractivity contribution >= 4 is 10.1 Å². The van der Waals surface area contributed by atoms with Crippen LogP contribution in [0.1, 0.15) is 65.2 Å². The van der Waals surface area contributed by atoms with Gasteiger partial charge in [-0.15, -0.1) is 0 Å². The van der Waals surface area contributed by atoms with Crippen LogP contribution in [-0.2, 0) is 10.1 Å². The third-order valence-corrected chi connectivity index (χ3v) is 4.45. The summed E-state index contributed by atoms with van der Waals surface area (Å²) < 4.78 is 32.5. The molecule has 0 aliphatic heterocycles. The molecule has 0 aliphatic carbocycles. The van der Waals surface area contributed by atoms with E-state index in [1.54, 1.807) is 6.92 Å². The zero-order valence-corrected chi connectivity index (χ0v) is 14.7. The van der Waals surface area contributed by atoms with Gasteiger partial charge in [0.2, 0.25) is 0 Å². The Balaban J connectivity index is 0. The quantitative estimate of drug-likeness (QED) is 0.332. The van der Waals surface area contributed by atoms with E-state index in [0.29, 0.717) is 25.7 Å². The maximum Gasteiger partial charge on any atom is 1.00 e. The van der Waals surface area contributed by atoms with Crippen LogP contribution in [0.4, 0.5) is 0 Å². The smallest absolute Gasteiger partial charge is 0.748 e. The first-order valence-corrected chi connectivity index (χ1v) is 8.01. The first-order valence-electron chi connectivity index (χ1n) is 6.54. The van der Waals surface area contributed by atoms with Crippen LogP contribution in [0.15, 0.2) is 0 Å². The van der Waals surface area contributed by atoms with E-state index in [9.17, 15) is 18.1 Å². The summed E-state index contributed by atoms with van der Waals surface area (Å²) in [5.41, 5.74) is 0. The molecule has 0 bridgehead atoms. The van der Waals surface area contributed by atoms with Gasteiger partial charge < -0.3 is 9.66 Å². The molecule has 0 aromatic heterocycles. The Bertz CT molecular complexity index is 280. The molecule has 0 aromatic carbocycles. The van der Waals surface area contributed by atoms with E-state index in [1.165, 1.54) is 0 Å². The van der Waals surface area contributed by atoms with E-state index in [2.05, 4.69) is 6.92 Å². The number of rotatable bonds is 10. The summed E-state index contributed by atoms with van der Waals surface area (Å²) in [6, 6.07) is 0. The van der Waals surface area contributed by atoms with Crippen LogP contribution in [-0.4, -0.2) is 29.4 Å². The molecule has 0 fully saturated rings. The Morgan fingerprint density at radius 3 is 2.06 bits per heavy atom. The molecule has 4 nitrogen and oxygen atoms in total. The molecule has 6 heteroatoms. The molecular formula is C12H25NaO4S. The van der Waals surface area contributed by atoms with Gasteiger partial charge in [0.1, 0.15) is 0 Å². The fraction of sp³-hybridized carbons (Fsp3) is 1.00. The molecule has 0 saturated carbocycles. The minimum Gasteiger partial charge on any atom is -0.748 e. The molecule has 2 atom stereocenters. The van der Waals surface area contributed by atoms with Gasteiger partial charge in [0.05, 0.1) is 16.2 Å². The molecule has 0 rings (SSSR count). The molecular weight excluding hydrogens is 263 g/mol. The molecule has 0 spiro atoms. The van der Waals surface area contributed by atoms with Gasteiger partial charge in [-0.25, -0.2) is 8.42 Å². The van der Waals surface area contributed by atoms with E-state index in [0.717, 1.165) is 25.7 Å². The van der Waals surface area contributed by atoms with Crippen molar-refractivity contribution in [1.82, 2.24) is 0 Å². The third kappa shape index (κ3) is 10.8. The molecule has 2 unspecified atom stereocenters. The van der Waals surface area contributed by atoms with Gasteiger partial charge in [-0.2, -0.15) is 0 Å². The van der Waals surface area contributed by atoms with Crippen molar-refractivity contribution < 1.29 is 47.6 Å². The molecule has 0 aliphatic rings. The van der Waals surface area contributed by atoms with Gasteiger partial charge in [0.15, 0.2) is 0 Å². The van der Waals surface area contributed by atoms with Crippen LogP contribution < -0.4 is 29.6 Å². The fourth-order valence-corrected chi connectivity index (χ4v) is 2.77. The summed E-state index contributed by atoms with van der Waals surface area (Å²) in [5.74, 6) is 0. The molecule has 0 amide bonds. The maximum atomic E-state index is 10.8. The van der Waals surface area contributed by atoms with Crippen LogP contribution >= 0.6 is 0 Å². The van der Waals surface area contributed by atoms with Crippen molar-refractivity contribution in [1.29, 1.82) is 0 Å². The third-order valence-electron chi connectivity index (χ3n) is 3.07. The number of hydrogen-bond donors (Lipinski definition) is 1. The first-order chi connectivity index (χ1) is 7.91. The molecule has 0 heterocycles. The largest absolute Gasteiger partial charge is 1.00 e. The molecule has 0 aromatic rings. The van der Waals surface area contributed by atoms with E-state index < -0.39 is 15.4 Å². The SMILES string of the molecule is CCCCCC(O)CCCC(CC)S(=O)(=O)[O-].[Na+]. The van der Waals surface area contributed by atoms with Gasteiger partial charge in [0, 0.05) is 5.25 Å². The number of aliphatic hydroxyl groups excluding tert-OH is 1. The van der Waals surface area contributed by atoms with Crippen molar-refractivity contribution in [2.75, 3.05) is 0 Å². The van der Waals surface area contributed by atoms with Crippen LogP contribution in [0.2, 0.25) is 0 Å². The molecule has 0 saturated heterocycles. The standard InChI is InChI=1S/C12H26O4S.Na/c1-3-5-6-8-11(13)9-7-10-12(4-2)17(14,15)16;/h11-13H,3-10H2,1-2H3,(H,14,15,16);/q;+1/p-1. The van der Waals surface area contributed by atoms with Gasteiger partial charge in [-0.1, -0.05) is 33.1 Å². The number of aliphatic hydroxyl groups is 1. The fourth-order valence-electron chi connectivity index (χ4n) is 1.91.